The standard InChI is InChI=1S/C20H26ClN5O3S/c1-15-13-19(24-7-3-4-8-24)23-20(22-15)25-9-11-26(12-10-25)30(27,28)18-14-16(21)5-6-17(18)29-2/h5-6,13-14H,3-4,7-12H2,1-2H3. The molecule has 2 aliphatic rings. The van der Waals surface area contributed by atoms with E-state index in [9.17, 15) is 8.42 Å². The van der Waals surface area contributed by atoms with Gasteiger partial charge in [-0.2, -0.15) is 9.29 Å². The SMILES string of the molecule is COc1ccc(Cl)cc1S(=O)(=O)N1CCN(c2nc(C)cc(N3CCCC3)n2)CC1. The Balaban J connectivity index is 1.51. The van der Waals surface area contributed by atoms with Crippen molar-refractivity contribution in [1.82, 2.24) is 14.3 Å². The molecule has 0 unspecified atom stereocenters. The number of piperazine rings is 1. The van der Waals surface area contributed by atoms with Crippen LogP contribution in [0.25, 0.3) is 0 Å². The van der Waals surface area contributed by atoms with Gasteiger partial charge in [-0.3, -0.25) is 0 Å². The summed E-state index contributed by atoms with van der Waals surface area (Å²) < 4.78 is 33.1. The van der Waals surface area contributed by atoms with Crippen molar-refractivity contribution < 1.29 is 13.2 Å². The maximum atomic E-state index is 13.2. The fourth-order valence-electron chi connectivity index (χ4n) is 3.91. The van der Waals surface area contributed by atoms with Gasteiger partial charge in [0.25, 0.3) is 0 Å². The Morgan fingerprint density at radius 2 is 1.67 bits per heavy atom. The molecular weight excluding hydrogens is 426 g/mol. The predicted octanol–water partition coefficient (Wildman–Crippen LogP) is 2.56. The molecule has 0 bridgehead atoms. The molecule has 3 heterocycles. The number of aryl methyl sites for hydroxylation is 1. The molecule has 0 spiro atoms. The molecule has 0 atom stereocenters. The van der Waals surface area contributed by atoms with E-state index in [2.05, 4.69) is 9.88 Å². The van der Waals surface area contributed by atoms with E-state index >= 15 is 0 Å². The third-order valence-corrected chi connectivity index (χ3v) is 7.68. The Hall–Kier alpha value is -2.10. The minimum Gasteiger partial charge on any atom is -0.495 e. The Morgan fingerprint density at radius 1 is 0.967 bits per heavy atom. The van der Waals surface area contributed by atoms with Crippen LogP contribution in [0.4, 0.5) is 11.8 Å². The monoisotopic (exact) mass is 451 g/mol. The van der Waals surface area contributed by atoms with Crippen LogP contribution in [0.2, 0.25) is 5.02 Å². The zero-order valence-electron chi connectivity index (χ0n) is 17.2. The van der Waals surface area contributed by atoms with Gasteiger partial charge < -0.3 is 14.5 Å². The van der Waals surface area contributed by atoms with Crippen LogP contribution in [0, 0.1) is 6.92 Å². The van der Waals surface area contributed by atoms with Crippen molar-refractivity contribution in [3.05, 3.63) is 35.0 Å². The highest BCUT2D eigenvalue weighted by Gasteiger charge is 2.32. The Labute approximate surface area is 182 Å². The lowest BCUT2D eigenvalue weighted by molar-refractivity contribution is 0.372. The van der Waals surface area contributed by atoms with Crippen LogP contribution in [0.15, 0.2) is 29.2 Å². The number of hydrogen-bond acceptors (Lipinski definition) is 7. The molecule has 0 aliphatic carbocycles. The largest absolute Gasteiger partial charge is 0.495 e. The second kappa shape index (κ2) is 8.56. The number of anilines is 2. The van der Waals surface area contributed by atoms with Gasteiger partial charge in [-0.1, -0.05) is 11.6 Å². The lowest BCUT2D eigenvalue weighted by Crippen LogP contribution is -2.49. The van der Waals surface area contributed by atoms with Crippen molar-refractivity contribution in [1.29, 1.82) is 0 Å². The number of sulfonamides is 1. The molecule has 0 amide bonds. The first kappa shape index (κ1) is 21.1. The number of rotatable bonds is 5. The average molecular weight is 452 g/mol. The summed E-state index contributed by atoms with van der Waals surface area (Å²) in [7, 11) is -2.26. The van der Waals surface area contributed by atoms with E-state index in [1.54, 1.807) is 12.1 Å². The van der Waals surface area contributed by atoms with Crippen molar-refractivity contribution in [3.63, 3.8) is 0 Å². The van der Waals surface area contributed by atoms with E-state index in [0.717, 1.165) is 24.6 Å². The first-order valence-electron chi connectivity index (χ1n) is 10.1. The average Bonchev–Trinajstić information content (AvgIpc) is 3.28. The summed E-state index contributed by atoms with van der Waals surface area (Å²) in [5, 5.41) is 0.357. The molecule has 2 aliphatic heterocycles. The second-order valence-electron chi connectivity index (χ2n) is 7.55. The molecule has 2 saturated heterocycles. The summed E-state index contributed by atoms with van der Waals surface area (Å²) in [5.74, 6) is 1.90. The van der Waals surface area contributed by atoms with Crippen molar-refractivity contribution in [2.45, 2.75) is 24.7 Å². The van der Waals surface area contributed by atoms with Gasteiger partial charge >= 0.3 is 0 Å². The molecule has 162 valence electrons. The van der Waals surface area contributed by atoms with E-state index in [0.29, 0.717) is 42.9 Å². The van der Waals surface area contributed by atoms with E-state index in [4.69, 9.17) is 21.3 Å². The topological polar surface area (TPSA) is 78.9 Å². The Morgan fingerprint density at radius 3 is 2.33 bits per heavy atom. The Kier molecular flexibility index (Phi) is 6.04. The molecule has 1 aromatic heterocycles. The second-order valence-corrected chi connectivity index (χ2v) is 9.89. The van der Waals surface area contributed by atoms with Gasteiger partial charge in [0.1, 0.15) is 16.5 Å². The molecule has 4 rings (SSSR count). The van der Waals surface area contributed by atoms with Crippen LogP contribution in [-0.4, -0.2) is 69.1 Å². The molecule has 0 N–H and O–H groups in total. The molecule has 10 heteroatoms. The predicted molar refractivity (Wildman–Crippen MR) is 117 cm³/mol. The number of benzene rings is 1. The van der Waals surface area contributed by atoms with Crippen LogP contribution in [-0.2, 0) is 10.0 Å². The number of nitrogens with zero attached hydrogens (tertiary/aromatic N) is 5. The van der Waals surface area contributed by atoms with Crippen LogP contribution >= 0.6 is 11.6 Å². The van der Waals surface area contributed by atoms with Crippen molar-refractivity contribution >= 4 is 33.4 Å². The minimum atomic E-state index is -3.71. The lowest BCUT2D eigenvalue weighted by Gasteiger charge is -2.34. The lowest BCUT2D eigenvalue weighted by atomic mass is 10.3. The van der Waals surface area contributed by atoms with E-state index < -0.39 is 10.0 Å². The van der Waals surface area contributed by atoms with Gasteiger partial charge in [-0.15, -0.1) is 0 Å². The quantitative estimate of drug-likeness (QED) is 0.691. The van der Waals surface area contributed by atoms with Gasteiger partial charge in [-0.05, 0) is 38.0 Å². The normalized spacial score (nSPS) is 18.1. The first-order chi connectivity index (χ1) is 14.4. The number of methoxy groups -OCH3 is 1. The van der Waals surface area contributed by atoms with Gasteiger partial charge in [0, 0.05) is 56.1 Å². The van der Waals surface area contributed by atoms with Crippen molar-refractivity contribution in [2.24, 2.45) is 0 Å². The highest BCUT2D eigenvalue weighted by molar-refractivity contribution is 7.89. The van der Waals surface area contributed by atoms with Gasteiger partial charge in [0.05, 0.1) is 7.11 Å². The molecule has 1 aromatic carbocycles. The summed E-state index contributed by atoms with van der Waals surface area (Å²) >= 11 is 6.04. The number of hydrogen-bond donors (Lipinski definition) is 0. The number of halogens is 1. The fraction of sp³-hybridized carbons (Fsp3) is 0.500. The van der Waals surface area contributed by atoms with Crippen LogP contribution in [0.1, 0.15) is 18.5 Å². The molecular formula is C20H26ClN5O3S. The third-order valence-electron chi connectivity index (χ3n) is 5.52. The van der Waals surface area contributed by atoms with Crippen LogP contribution in [0.5, 0.6) is 5.75 Å². The summed E-state index contributed by atoms with van der Waals surface area (Å²) in [6.45, 7) is 5.72. The first-order valence-corrected chi connectivity index (χ1v) is 11.9. The number of aromatic nitrogens is 2. The molecule has 0 saturated carbocycles. The molecule has 30 heavy (non-hydrogen) atoms. The van der Waals surface area contributed by atoms with Gasteiger partial charge in [-0.25, -0.2) is 13.4 Å². The maximum absolute atomic E-state index is 13.2. The van der Waals surface area contributed by atoms with Crippen molar-refractivity contribution in [2.75, 3.05) is 56.2 Å². The van der Waals surface area contributed by atoms with Crippen molar-refractivity contribution in [3.8, 4) is 5.75 Å². The maximum Gasteiger partial charge on any atom is 0.246 e. The van der Waals surface area contributed by atoms with Crippen LogP contribution in [0.3, 0.4) is 0 Å². The third kappa shape index (κ3) is 4.19. The van der Waals surface area contributed by atoms with E-state index in [1.807, 2.05) is 17.9 Å². The van der Waals surface area contributed by atoms with Crippen LogP contribution < -0.4 is 14.5 Å². The Bertz CT molecular complexity index is 1020. The summed E-state index contributed by atoms with van der Waals surface area (Å²) in [5.41, 5.74) is 0.917. The van der Waals surface area contributed by atoms with E-state index in [-0.39, 0.29) is 4.90 Å². The highest BCUT2D eigenvalue weighted by atomic mass is 35.5. The summed E-state index contributed by atoms with van der Waals surface area (Å²) in [4.78, 5) is 13.8. The fourth-order valence-corrected chi connectivity index (χ4v) is 5.75. The molecule has 0 radical (unpaired) electrons. The molecule has 8 nitrogen and oxygen atoms in total. The van der Waals surface area contributed by atoms with Gasteiger partial charge in [0.2, 0.25) is 16.0 Å². The summed E-state index contributed by atoms with van der Waals surface area (Å²) in [6, 6.07) is 6.64. The van der Waals surface area contributed by atoms with Gasteiger partial charge in [0.15, 0.2) is 0 Å². The molecule has 2 fully saturated rings. The van der Waals surface area contributed by atoms with E-state index in [1.165, 1.54) is 30.3 Å². The molecule has 2 aromatic rings. The minimum absolute atomic E-state index is 0.0917. The number of ether oxygens (including phenoxy) is 1. The zero-order valence-corrected chi connectivity index (χ0v) is 18.8. The summed E-state index contributed by atoms with van der Waals surface area (Å²) in [6.07, 6.45) is 2.36. The zero-order chi connectivity index (χ0) is 21.3. The highest BCUT2D eigenvalue weighted by Crippen LogP contribution is 2.30. The smallest absolute Gasteiger partial charge is 0.246 e.